The van der Waals surface area contributed by atoms with Crippen LogP contribution in [0.5, 0.6) is 0 Å². The molecule has 1 nitrogen and oxygen atoms in total. The molecule has 1 aromatic rings. The highest BCUT2D eigenvalue weighted by atomic mass is 19.3. The molecule has 1 aliphatic carbocycles. The first-order valence-corrected chi connectivity index (χ1v) is 5.40. The fourth-order valence-electron chi connectivity index (χ4n) is 2.46. The highest BCUT2D eigenvalue weighted by Crippen LogP contribution is 2.45. The van der Waals surface area contributed by atoms with Crippen LogP contribution in [0.1, 0.15) is 29.2 Å². The molecule has 1 aliphatic heterocycles. The number of fused-ring (bicyclic) bond motifs is 1. The fraction of sp³-hybridized carbons (Fsp3) is 0.500. The predicted octanol–water partition coefficient (Wildman–Crippen LogP) is 2.85. The third kappa shape index (κ3) is 1.29. The lowest BCUT2D eigenvalue weighted by atomic mass is 10.0. The molecule has 0 bridgehead atoms. The first-order chi connectivity index (χ1) is 7.50. The lowest BCUT2D eigenvalue weighted by Gasteiger charge is -2.11. The number of halogens is 3. The van der Waals surface area contributed by atoms with Crippen LogP contribution in [0.25, 0.3) is 0 Å². The van der Waals surface area contributed by atoms with E-state index in [1.807, 2.05) is 11.9 Å². The number of benzene rings is 1. The first-order valence-electron chi connectivity index (χ1n) is 5.40. The Morgan fingerprint density at radius 2 is 2.06 bits per heavy atom. The Labute approximate surface area is 91.9 Å². The minimum absolute atomic E-state index is 0.0829. The van der Waals surface area contributed by atoms with Crippen molar-refractivity contribution in [3.05, 3.63) is 34.6 Å². The smallest absolute Gasteiger partial charge is 0.273 e. The maximum atomic E-state index is 14.0. The quantitative estimate of drug-likeness (QED) is 0.667. The lowest BCUT2D eigenvalue weighted by Crippen LogP contribution is -2.08. The maximum Gasteiger partial charge on any atom is 0.273 e. The molecule has 1 fully saturated rings. The zero-order chi connectivity index (χ0) is 11.5. The molecule has 0 saturated carbocycles. The second kappa shape index (κ2) is 3.00. The molecule has 1 saturated heterocycles. The van der Waals surface area contributed by atoms with Crippen LogP contribution in [0, 0.1) is 5.82 Å². The molecule has 1 aromatic carbocycles. The molecule has 3 rings (SSSR count). The fourth-order valence-corrected chi connectivity index (χ4v) is 2.46. The van der Waals surface area contributed by atoms with Crippen LogP contribution < -0.4 is 0 Å². The van der Waals surface area contributed by atoms with Crippen LogP contribution in [-0.2, 0) is 12.3 Å². The van der Waals surface area contributed by atoms with Gasteiger partial charge in [0.1, 0.15) is 5.82 Å². The molecule has 0 spiro atoms. The van der Waals surface area contributed by atoms with E-state index in [2.05, 4.69) is 0 Å². The van der Waals surface area contributed by atoms with Crippen molar-refractivity contribution < 1.29 is 13.2 Å². The van der Waals surface area contributed by atoms with Crippen molar-refractivity contribution >= 4 is 0 Å². The molecule has 0 amide bonds. The van der Waals surface area contributed by atoms with E-state index in [9.17, 15) is 13.2 Å². The van der Waals surface area contributed by atoms with Crippen molar-refractivity contribution in [2.24, 2.45) is 0 Å². The number of nitrogens with zero attached hydrogens (tertiary/aromatic N) is 1. The summed E-state index contributed by atoms with van der Waals surface area (Å²) in [6.45, 7) is 0.812. The van der Waals surface area contributed by atoms with Crippen molar-refractivity contribution in [3.63, 3.8) is 0 Å². The predicted molar refractivity (Wildman–Crippen MR) is 54.0 cm³/mol. The summed E-state index contributed by atoms with van der Waals surface area (Å²) in [6, 6.07) is 2.99. The average molecular weight is 227 g/mol. The van der Waals surface area contributed by atoms with Crippen LogP contribution in [-0.4, -0.2) is 18.5 Å². The molecule has 16 heavy (non-hydrogen) atoms. The average Bonchev–Trinajstić information content (AvgIpc) is 2.84. The Balaban J connectivity index is 2.08. The number of rotatable bonds is 1. The minimum atomic E-state index is -2.84. The van der Waals surface area contributed by atoms with Gasteiger partial charge in [0.05, 0.1) is 6.04 Å². The van der Waals surface area contributed by atoms with E-state index >= 15 is 0 Å². The molecule has 2 unspecified atom stereocenters. The van der Waals surface area contributed by atoms with E-state index in [0.717, 1.165) is 6.54 Å². The summed E-state index contributed by atoms with van der Waals surface area (Å²) in [5.74, 6) is -3.26. The van der Waals surface area contributed by atoms with Gasteiger partial charge in [-0.25, -0.2) is 13.2 Å². The Morgan fingerprint density at radius 3 is 2.69 bits per heavy atom. The third-order valence-electron chi connectivity index (χ3n) is 3.57. The monoisotopic (exact) mass is 227 g/mol. The normalized spacial score (nSPS) is 30.2. The minimum Gasteiger partial charge on any atom is -0.296 e. The van der Waals surface area contributed by atoms with E-state index in [0.29, 0.717) is 5.56 Å². The largest absolute Gasteiger partial charge is 0.296 e. The zero-order valence-electron chi connectivity index (χ0n) is 8.93. The van der Waals surface area contributed by atoms with E-state index in [1.54, 1.807) is 0 Å². The van der Waals surface area contributed by atoms with Gasteiger partial charge in [-0.3, -0.25) is 4.90 Å². The molecule has 0 N–H and O–H groups in total. The van der Waals surface area contributed by atoms with Crippen molar-refractivity contribution in [1.82, 2.24) is 4.90 Å². The summed E-state index contributed by atoms with van der Waals surface area (Å²) < 4.78 is 40.8. The summed E-state index contributed by atoms with van der Waals surface area (Å²) in [4.78, 5) is 1.98. The van der Waals surface area contributed by atoms with Gasteiger partial charge in [0.2, 0.25) is 0 Å². The second-order valence-electron chi connectivity index (χ2n) is 4.65. The number of hydrogen-bond acceptors (Lipinski definition) is 1. The second-order valence-corrected chi connectivity index (χ2v) is 4.65. The zero-order valence-corrected chi connectivity index (χ0v) is 8.93. The molecular weight excluding hydrogens is 215 g/mol. The van der Waals surface area contributed by atoms with Gasteiger partial charge in [-0.2, -0.15) is 0 Å². The van der Waals surface area contributed by atoms with Crippen molar-refractivity contribution in [1.29, 1.82) is 0 Å². The molecule has 2 aliphatic rings. The van der Waals surface area contributed by atoms with Gasteiger partial charge in [0.25, 0.3) is 5.92 Å². The van der Waals surface area contributed by atoms with E-state index in [4.69, 9.17) is 0 Å². The summed E-state index contributed by atoms with van der Waals surface area (Å²) in [7, 11) is 1.89. The number of likely N-dealkylation sites (N-methyl/N-ethyl adjacent to an activating group) is 1. The van der Waals surface area contributed by atoms with Gasteiger partial charge in [0, 0.05) is 24.1 Å². The number of alkyl halides is 2. The highest BCUT2D eigenvalue weighted by molar-refractivity contribution is 5.42. The molecule has 86 valence electrons. The SMILES string of the molecule is CN1CC1c1ccc2c(c1F)CCC2(F)F. The van der Waals surface area contributed by atoms with Crippen LogP contribution in [0.15, 0.2) is 12.1 Å². The topological polar surface area (TPSA) is 3.01 Å². The Hall–Kier alpha value is -1.03. The van der Waals surface area contributed by atoms with Crippen LogP contribution in [0.3, 0.4) is 0 Å². The van der Waals surface area contributed by atoms with Crippen LogP contribution in [0.2, 0.25) is 0 Å². The summed E-state index contributed by atoms with van der Waals surface area (Å²) >= 11 is 0. The summed E-state index contributed by atoms with van der Waals surface area (Å²) in [6.07, 6.45) is -0.109. The molecule has 1 heterocycles. The van der Waals surface area contributed by atoms with Crippen molar-refractivity contribution in [3.8, 4) is 0 Å². The van der Waals surface area contributed by atoms with Crippen LogP contribution in [0.4, 0.5) is 13.2 Å². The van der Waals surface area contributed by atoms with Gasteiger partial charge in [-0.1, -0.05) is 12.1 Å². The van der Waals surface area contributed by atoms with Crippen LogP contribution >= 0.6 is 0 Å². The number of hydrogen-bond donors (Lipinski definition) is 0. The van der Waals surface area contributed by atoms with Gasteiger partial charge >= 0.3 is 0 Å². The van der Waals surface area contributed by atoms with Gasteiger partial charge < -0.3 is 0 Å². The van der Waals surface area contributed by atoms with Gasteiger partial charge in [-0.05, 0) is 19.0 Å². The van der Waals surface area contributed by atoms with Gasteiger partial charge in [-0.15, -0.1) is 0 Å². The highest BCUT2D eigenvalue weighted by Gasteiger charge is 2.43. The Kier molecular flexibility index (Phi) is 1.90. The standard InChI is InChI=1S/C12H12F3N/c1-16-6-10(16)8-2-3-9-7(11(8)13)4-5-12(9,14)15/h2-3,10H,4-6H2,1H3. The Morgan fingerprint density at radius 1 is 1.38 bits per heavy atom. The van der Waals surface area contributed by atoms with Gasteiger partial charge in [0.15, 0.2) is 0 Å². The third-order valence-corrected chi connectivity index (χ3v) is 3.57. The molecule has 0 aromatic heterocycles. The maximum absolute atomic E-state index is 14.0. The van der Waals surface area contributed by atoms with Crippen molar-refractivity contribution in [2.45, 2.75) is 24.8 Å². The van der Waals surface area contributed by atoms with E-state index < -0.39 is 11.7 Å². The molecule has 0 radical (unpaired) electrons. The van der Waals surface area contributed by atoms with E-state index in [-0.39, 0.29) is 30.0 Å². The Bertz CT molecular complexity index is 456. The molecule has 2 atom stereocenters. The molecular formula is C12H12F3N. The van der Waals surface area contributed by atoms with Crippen molar-refractivity contribution in [2.75, 3.05) is 13.6 Å². The molecule has 4 heteroatoms. The lowest BCUT2D eigenvalue weighted by molar-refractivity contribution is -0.00187. The summed E-state index contributed by atoms with van der Waals surface area (Å²) in [5.41, 5.74) is 0.679. The van der Waals surface area contributed by atoms with E-state index in [1.165, 1.54) is 12.1 Å². The summed E-state index contributed by atoms with van der Waals surface area (Å²) in [5, 5.41) is 0. The first kappa shape index (κ1) is 10.1.